The van der Waals surface area contributed by atoms with Gasteiger partial charge in [0.2, 0.25) is 0 Å². The lowest BCUT2D eigenvalue weighted by atomic mass is 10.1. The lowest BCUT2D eigenvalue weighted by molar-refractivity contribution is 0.0533. The summed E-state index contributed by atoms with van der Waals surface area (Å²) >= 11 is 7.07. The Labute approximate surface area is 130 Å². The monoisotopic (exact) mass is 320 g/mol. The van der Waals surface area contributed by atoms with Crippen molar-refractivity contribution in [3.63, 3.8) is 0 Å². The Bertz CT molecular complexity index is 380. The zero-order valence-electron chi connectivity index (χ0n) is 12.7. The Morgan fingerprint density at radius 2 is 2.15 bits per heavy atom. The van der Waals surface area contributed by atoms with Crippen molar-refractivity contribution in [2.75, 3.05) is 18.9 Å². The highest BCUT2D eigenvalue weighted by Crippen LogP contribution is 2.36. The van der Waals surface area contributed by atoms with Crippen molar-refractivity contribution in [2.45, 2.75) is 51.1 Å². The second kappa shape index (κ2) is 6.49. The van der Waals surface area contributed by atoms with Gasteiger partial charge in [0.05, 0.1) is 23.5 Å². The molecule has 20 heavy (non-hydrogen) atoms. The number of rotatable bonds is 3. The van der Waals surface area contributed by atoms with Gasteiger partial charge in [-0.1, -0.05) is 12.2 Å². The first-order valence-electron chi connectivity index (χ1n) is 6.58. The van der Waals surface area contributed by atoms with E-state index in [1.807, 2.05) is 25.7 Å². The van der Waals surface area contributed by atoms with E-state index in [4.69, 9.17) is 17.0 Å². The Morgan fingerprint density at radius 1 is 1.55 bits per heavy atom. The van der Waals surface area contributed by atoms with Crippen molar-refractivity contribution >= 4 is 35.1 Å². The van der Waals surface area contributed by atoms with Crippen LogP contribution in [-0.4, -0.2) is 56.5 Å². The van der Waals surface area contributed by atoms with Gasteiger partial charge in [0.15, 0.2) is 0 Å². The summed E-state index contributed by atoms with van der Waals surface area (Å²) in [5.74, 6) is 0.894. The number of amides is 1. The number of thiocarbonyl (C=S) groups is 1. The fraction of sp³-hybridized carbons (Fsp3) is 0.846. The van der Waals surface area contributed by atoms with Crippen molar-refractivity contribution < 1.29 is 14.6 Å². The summed E-state index contributed by atoms with van der Waals surface area (Å²) in [6.07, 6.45) is -0.481. The molecule has 0 radical (unpaired) electrons. The Hall–Kier alpha value is -0.530. The van der Waals surface area contributed by atoms with Crippen LogP contribution in [-0.2, 0) is 4.74 Å². The second-order valence-electron chi connectivity index (χ2n) is 6.38. The van der Waals surface area contributed by atoms with E-state index >= 15 is 0 Å². The van der Waals surface area contributed by atoms with Crippen molar-refractivity contribution in [1.29, 1.82) is 0 Å². The molecular formula is C13H24N2O3S2. The third-order valence-corrected chi connectivity index (χ3v) is 4.74. The predicted octanol–water partition coefficient (Wildman–Crippen LogP) is 1.98. The van der Waals surface area contributed by atoms with Crippen LogP contribution in [0.5, 0.6) is 0 Å². The number of hydrogen-bond donors (Lipinski definition) is 2. The third-order valence-electron chi connectivity index (χ3n) is 2.78. The fourth-order valence-corrected chi connectivity index (χ4v) is 3.93. The molecule has 1 saturated heterocycles. The maximum Gasteiger partial charge on any atom is 0.408 e. The smallest absolute Gasteiger partial charge is 0.408 e. The van der Waals surface area contributed by atoms with Crippen LogP contribution in [0.4, 0.5) is 4.79 Å². The molecule has 0 unspecified atom stereocenters. The molecule has 1 atom stereocenters. The van der Waals surface area contributed by atoms with Crippen LogP contribution in [0.15, 0.2) is 0 Å². The van der Waals surface area contributed by atoms with Crippen molar-refractivity contribution in [3.8, 4) is 0 Å². The molecule has 0 aromatic carbocycles. The van der Waals surface area contributed by atoms with Gasteiger partial charge in [-0.05, 0) is 34.6 Å². The standard InChI is InChI=1S/C13H24N2O3S2/c1-12(2,3)18-11(17)14-6-9(19)15-10(7-16)20-8-13(15,4)5/h10,16H,6-8H2,1-5H3,(H,14,17)/t10-/m1/s1. The number of thioether (sulfide) groups is 1. The first kappa shape index (κ1) is 17.5. The number of alkyl carbamates (subject to hydrolysis) is 1. The molecule has 0 saturated carbocycles. The van der Waals surface area contributed by atoms with Gasteiger partial charge >= 0.3 is 6.09 Å². The number of hydrogen-bond acceptors (Lipinski definition) is 5. The summed E-state index contributed by atoms with van der Waals surface area (Å²) in [5, 5.41) is 12.0. The summed E-state index contributed by atoms with van der Waals surface area (Å²) in [6.45, 7) is 9.88. The molecule has 0 aromatic rings. The molecule has 1 aliphatic rings. The summed E-state index contributed by atoms with van der Waals surface area (Å²) in [6, 6.07) is 0. The number of carbonyl (C=O) groups excluding carboxylic acids is 1. The van der Waals surface area contributed by atoms with Gasteiger partial charge in [0.25, 0.3) is 0 Å². The minimum atomic E-state index is -0.526. The quantitative estimate of drug-likeness (QED) is 0.776. The van der Waals surface area contributed by atoms with E-state index in [9.17, 15) is 9.90 Å². The molecule has 1 aliphatic heterocycles. The van der Waals surface area contributed by atoms with E-state index in [0.29, 0.717) is 4.99 Å². The molecule has 1 rings (SSSR count). The minimum absolute atomic E-state index is 0.0423. The van der Waals surface area contributed by atoms with E-state index in [1.54, 1.807) is 11.8 Å². The summed E-state index contributed by atoms with van der Waals surface area (Å²) in [4.78, 5) is 14.2. The van der Waals surface area contributed by atoms with E-state index in [1.165, 1.54) is 0 Å². The molecule has 0 bridgehead atoms. The summed E-state index contributed by atoms with van der Waals surface area (Å²) in [5.41, 5.74) is -0.646. The predicted molar refractivity (Wildman–Crippen MR) is 86.1 cm³/mol. The molecule has 1 fully saturated rings. The van der Waals surface area contributed by atoms with Crippen LogP contribution in [0.3, 0.4) is 0 Å². The summed E-state index contributed by atoms with van der Waals surface area (Å²) < 4.78 is 5.17. The van der Waals surface area contributed by atoms with Gasteiger partial charge in [-0.25, -0.2) is 4.79 Å². The van der Waals surface area contributed by atoms with Crippen molar-refractivity contribution in [1.82, 2.24) is 10.2 Å². The molecule has 2 N–H and O–H groups in total. The highest BCUT2D eigenvalue weighted by molar-refractivity contribution is 8.00. The number of aliphatic hydroxyl groups is 1. The molecule has 0 aliphatic carbocycles. The van der Waals surface area contributed by atoms with Crippen LogP contribution in [0.25, 0.3) is 0 Å². The van der Waals surface area contributed by atoms with Crippen LogP contribution < -0.4 is 5.32 Å². The zero-order chi connectivity index (χ0) is 15.6. The first-order chi connectivity index (χ1) is 9.07. The van der Waals surface area contributed by atoms with E-state index in [2.05, 4.69) is 19.2 Å². The number of nitrogens with one attached hydrogen (secondary N) is 1. The molecule has 1 amide bonds. The average molecular weight is 320 g/mol. The van der Waals surface area contributed by atoms with Crippen LogP contribution in [0.1, 0.15) is 34.6 Å². The van der Waals surface area contributed by atoms with Crippen molar-refractivity contribution in [2.24, 2.45) is 0 Å². The Kier molecular flexibility index (Phi) is 5.69. The SMILES string of the molecule is CC(C)(C)OC(=O)NCC(=S)N1[C@@H](CO)SCC1(C)C. The van der Waals surface area contributed by atoms with Crippen LogP contribution in [0, 0.1) is 0 Å². The van der Waals surface area contributed by atoms with Gasteiger partial charge in [-0.15, -0.1) is 11.8 Å². The van der Waals surface area contributed by atoms with Crippen LogP contribution in [0.2, 0.25) is 0 Å². The van der Waals surface area contributed by atoms with E-state index in [0.717, 1.165) is 5.75 Å². The molecule has 1 heterocycles. The number of aliphatic hydroxyl groups excluding tert-OH is 1. The molecule has 5 nitrogen and oxygen atoms in total. The van der Waals surface area contributed by atoms with Gasteiger partial charge in [0, 0.05) is 11.3 Å². The number of ether oxygens (including phenoxy) is 1. The Balaban J connectivity index is 2.56. The summed E-state index contributed by atoms with van der Waals surface area (Å²) in [7, 11) is 0. The normalized spacial score (nSPS) is 21.7. The zero-order valence-corrected chi connectivity index (χ0v) is 14.4. The lowest BCUT2D eigenvalue weighted by Crippen LogP contribution is -2.51. The first-order valence-corrected chi connectivity index (χ1v) is 8.04. The largest absolute Gasteiger partial charge is 0.444 e. The minimum Gasteiger partial charge on any atom is -0.444 e. The highest BCUT2D eigenvalue weighted by atomic mass is 32.2. The topological polar surface area (TPSA) is 61.8 Å². The van der Waals surface area contributed by atoms with Gasteiger partial charge < -0.3 is 20.1 Å². The van der Waals surface area contributed by atoms with E-state index < -0.39 is 11.7 Å². The molecule has 0 aromatic heterocycles. The third kappa shape index (κ3) is 4.79. The fourth-order valence-electron chi connectivity index (χ4n) is 2.01. The number of carbonyl (C=O) groups is 1. The van der Waals surface area contributed by atoms with Gasteiger partial charge in [0.1, 0.15) is 5.60 Å². The van der Waals surface area contributed by atoms with Crippen molar-refractivity contribution in [3.05, 3.63) is 0 Å². The Morgan fingerprint density at radius 3 is 2.65 bits per heavy atom. The molecule has 0 spiro atoms. The molecule has 7 heteroatoms. The number of nitrogens with zero attached hydrogens (tertiary/aromatic N) is 1. The maximum atomic E-state index is 11.6. The molecular weight excluding hydrogens is 296 g/mol. The maximum absolute atomic E-state index is 11.6. The second-order valence-corrected chi connectivity index (χ2v) is 8.02. The highest BCUT2D eigenvalue weighted by Gasteiger charge is 2.40. The van der Waals surface area contributed by atoms with E-state index in [-0.39, 0.29) is 24.1 Å². The lowest BCUT2D eigenvalue weighted by Gasteiger charge is -2.36. The van der Waals surface area contributed by atoms with Crippen LogP contribution >= 0.6 is 24.0 Å². The van der Waals surface area contributed by atoms with Gasteiger partial charge in [-0.3, -0.25) is 0 Å². The van der Waals surface area contributed by atoms with Gasteiger partial charge in [-0.2, -0.15) is 0 Å². The average Bonchev–Trinajstić information content (AvgIpc) is 2.59. The molecule has 116 valence electrons.